The van der Waals surface area contributed by atoms with Crippen molar-refractivity contribution in [1.82, 2.24) is 20.6 Å². The largest absolute Gasteiger partial charge is 0.449 e. The Morgan fingerprint density at radius 3 is 2.68 bits per heavy atom. The second-order valence-corrected chi connectivity index (χ2v) is 5.48. The Morgan fingerprint density at radius 2 is 2.04 bits per heavy atom. The number of alkyl halides is 3. The number of rotatable bonds is 2. The molecule has 1 aliphatic rings. The van der Waals surface area contributed by atoms with Crippen LogP contribution in [0.5, 0.6) is 0 Å². The Bertz CT molecular complexity index is 890. The molecule has 0 radical (unpaired) electrons. The van der Waals surface area contributed by atoms with E-state index in [2.05, 4.69) is 15.6 Å². The van der Waals surface area contributed by atoms with Gasteiger partial charge in [0.1, 0.15) is 6.04 Å². The number of nitrogens with two attached hydrogens (primary N) is 1. The topological polar surface area (TPSA) is 130 Å². The third kappa shape index (κ3) is 3.12. The summed E-state index contributed by atoms with van der Waals surface area (Å²) in [6, 6.07) is 1.52. The number of piperidine rings is 1. The molecule has 11 heteroatoms. The number of H-pyrrole nitrogens is 1. The van der Waals surface area contributed by atoms with Crippen molar-refractivity contribution < 1.29 is 27.6 Å². The Hall–Kier alpha value is -3.11. The van der Waals surface area contributed by atoms with Crippen LogP contribution in [0.3, 0.4) is 0 Å². The zero-order chi connectivity index (χ0) is 18.4. The van der Waals surface area contributed by atoms with Crippen molar-refractivity contribution in [3.8, 4) is 0 Å². The number of imidazole rings is 1. The standard InChI is InChI=1S/C14H12F3N5O3/c15-14(16,17)13-20-6-2-1-5(18)9(10(6)22-13)12(25)19-7-3-4-8(23)21-11(7)24/h1-2,7H,3-4,18H2,(H,19,25)(H,20,22)(H,21,23,24). The van der Waals surface area contributed by atoms with Gasteiger partial charge in [-0.2, -0.15) is 13.2 Å². The number of halogens is 3. The van der Waals surface area contributed by atoms with Crippen molar-refractivity contribution in [1.29, 1.82) is 0 Å². The van der Waals surface area contributed by atoms with Crippen LogP contribution in [0.2, 0.25) is 0 Å². The van der Waals surface area contributed by atoms with Crippen molar-refractivity contribution in [2.45, 2.75) is 25.1 Å². The van der Waals surface area contributed by atoms with Crippen LogP contribution in [-0.4, -0.2) is 33.7 Å². The Balaban J connectivity index is 1.95. The molecular formula is C14H12F3N5O3. The van der Waals surface area contributed by atoms with Gasteiger partial charge in [-0.1, -0.05) is 0 Å². The maximum absolute atomic E-state index is 12.8. The van der Waals surface area contributed by atoms with Gasteiger partial charge in [0.15, 0.2) is 0 Å². The highest BCUT2D eigenvalue weighted by Gasteiger charge is 2.36. The van der Waals surface area contributed by atoms with Crippen LogP contribution in [0.15, 0.2) is 12.1 Å². The van der Waals surface area contributed by atoms with Gasteiger partial charge in [-0.05, 0) is 18.6 Å². The molecule has 5 N–H and O–H groups in total. The van der Waals surface area contributed by atoms with E-state index in [1.165, 1.54) is 12.1 Å². The summed E-state index contributed by atoms with van der Waals surface area (Å²) in [7, 11) is 0. The Labute approximate surface area is 138 Å². The van der Waals surface area contributed by atoms with Gasteiger partial charge in [-0.15, -0.1) is 0 Å². The number of hydrogen-bond acceptors (Lipinski definition) is 5. The quantitative estimate of drug-likeness (QED) is 0.465. The van der Waals surface area contributed by atoms with Crippen LogP contribution >= 0.6 is 0 Å². The van der Waals surface area contributed by atoms with Gasteiger partial charge in [0.25, 0.3) is 5.91 Å². The first-order valence-electron chi connectivity index (χ1n) is 7.17. The van der Waals surface area contributed by atoms with E-state index in [4.69, 9.17) is 5.73 Å². The number of benzene rings is 1. The molecule has 1 aromatic carbocycles. The van der Waals surface area contributed by atoms with Crippen molar-refractivity contribution in [2.24, 2.45) is 0 Å². The van der Waals surface area contributed by atoms with Gasteiger partial charge in [-0.25, -0.2) is 4.98 Å². The first kappa shape index (κ1) is 16.7. The number of imide groups is 1. The number of aromatic nitrogens is 2. The van der Waals surface area contributed by atoms with Crippen LogP contribution in [0, 0.1) is 0 Å². The summed E-state index contributed by atoms with van der Waals surface area (Å²) in [5, 5.41) is 4.44. The monoisotopic (exact) mass is 355 g/mol. The molecule has 8 nitrogen and oxygen atoms in total. The molecule has 1 aliphatic heterocycles. The SMILES string of the molecule is Nc1ccc2nc(C(F)(F)F)[nH]c2c1C(=O)NC1CCC(=O)NC1=O. The zero-order valence-corrected chi connectivity index (χ0v) is 12.5. The van der Waals surface area contributed by atoms with Gasteiger partial charge in [0.2, 0.25) is 17.6 Å². The number of nitrogens with one attached hydrogen (secondary N) is 3. The van der Waals surface area contributed by atoms with Crippen LogP contribution < -0.4 is 16.4 Å². The fourth-order valence-corrected chi connectivity index (χ4v) is 2.53. The molecule has 1 aromatic heterocycles. The van der Waals surface area contributed by atoms with E-state index in [1.54, 1.807) is 0 Å². The van der Waals surface area contributed by atoms with Crippen LogP contribution in [0.4, 0.5) is 18.9 Å². The normalized spacial score (nSPS) is 18.3. The minimum Gasteiger partial charge on any atom is -0.398 e. The highest BCUT2D eigenvalue weighted by molar-refractivity contribution is 6.11. The van der Waals surface area contributed by atoms with Gasteiger partial charge in [0.05, 0.1) is 16.6 Å². The number of hydrogen-bond donors (Lipinski definition) is 4. The lowest BCUT2D eigenvalue weighted by molar-refractivity contribution is -0.144. The third-order valence-electron chi connectivity index (χ3n) is 3.73. The average molecular weight is 355 g/mol. The predicted octanol–water partition coefficient (Wildman–Crippen LogP) is 0.699. The van der Waals surface area contributed by atoms with E-state index in [9.17, 15) is 27.6 Å². The summed E-state index contributed by atoms with van der Waals surface area (Å²) in [4.78, 5) is 40.7. The molecule has 2 heterocycles. The summed E-state index contributed by atoms with van der Waals surface area (Å²) in [5.74, 6) is -3.24. The fraction of sp³-hybridized carbons (Fsp3) is 0.286. The summed E-state index contributed by atoms with van der Waals surface area (Å²) in [5.41, 5.74) is 5.13. The molecule has 2 aromatic rings. The van der Waals surface area contributed by atoms with Crippen molar-refractivity contribution in [2.75, 3.05) is 5.73 Å². The average Bonchev–Trinajstić information content (AvgIpc) is 2.94. The molecule has 3 rings (SSSR count). The molecule has 0 saturated carbocycles. The van der Waals surface area contributed by atoms with Crippen molar-refractivity contribution in [3.05, 3.63) is 23.5 Å². The molecule has 0 spiro atoms. The maximum atomic E-state index is 12.8. The third-order valence-corrected chi connectivity index (χ3v) is 3.73. The molecular weight excluding hydrogens is 343 g/mol. The summed E-state index contributed by atoms with van der Waals surface area (Å²) in [6.45, 7) is 0. The van der Waals surface area contributed by atoms with Crippen LogP contribution in [-0.2, 0) is 15.8 Å². The predicted molar refractivity (Wildman–Crippen MR) is 79.1 cm³/mol. The fourth-order valence-electron chi connectivity index (χ4n) is 2.53. The molecule has 1 saturated heterocycles. The smallest absolute Gasteiger partial charge is 0.398 e. The number of amides is 3. The lowest BCUT2D eigenvalue weighted by Crippen LogP contribution is -2.52. The summed E-state index contributed by atoms with van der Waals surface area (Å²) in [6.07, 6.45) is -4.59. The van der Waals surface area contributed by atoms with E-state index in [-0.39, 0.29) is 35.1 Å². The van der Waals surface area contributed by atoms with Crippen LogP contribution in [0.25, 0.3) is 11.0 Å². The summed E-state index contributed by atoms with van der Waals surface area (Å²) < 4.78 is 38.4. The van der Waals surface area contributed by atoms with Gasteiger partial charge < -0.3 is 16.0 Å². The van der Waals surface area contributed by atoms with Gasteiger partial charge >= 0.3 is 6.18 Å². The van der Waals surface area contributed by atoms with E-state index < -0.39 is 35.8 Å². The molecule has 1 fully saturated rings. The minimum atomic E-state index is -4.72. The number of fused-ring (bicyclic) bond motifs is 1. The van der Waals surface area contributed by atoms with Gasteiger partial charge in [0, 0.05) is 12.1 Å². The lowest BCUT2D eigenvalue weighted by Gasteiger charge is -2.22. The molecule has 25 heavy (non-hydrogen) atoms. The zero-order valence-electron chi connectivity index (χ0n) is 12.5. The van der Waals surface area contributed by atoms with E-state index in [0.29, 0.717) is 0 Å². The number of aromatic amines is 1. The number of nitrogens with zero attached hydrogens (tertiary/aromatic N) is 1. The van der Waals surface area contributed by atoms with Gasteiger partial charge in [-0.3, -0.25) is 19.7 Å². The van der Waals surface area contributed by atoms with Crippen molar-refractivity contribution >= 4 is 34.4 Å². The number of nitrogen functional groups attached to an aromatic ring is 1. The molecule has 0 bridgehead atoms. The first-order chi connectivity index (χ1) is 11.7. The van der Waals surface area contributed by atoms with Crippen molar-refractivity contribution in [3.63, 3.8) is 0 Å². The minimum absolute atomic E-state index is 0.0403. The maximum Gasteiger partial charge on any atom is 0.449 e. The summed E-state index contributed by atoms with van der Waals surface area (Å²) >= 11 is 0. The highest BCUT2D eigenvalue weighted by atomic mass is 19.4. The second-order valence-electron chi connectivity index (χ2n) is 5.48. The van der Waals surface area contributed by atoms with Crippen LogP contribution in [0.1, 0.15) is 29.0 Å². The molecule has 0 aliphatic carbocycles. The molecule has 1 unspecified atom stereocenters. The molecule has 1 atom stereocenters. The number of carbonyl (C=O) groups is 3. The highest BCUT2D eigenvalue weighted by Crippen LogP contribution is 2.31. The second kappa shape index (κ2) is 5.76. The first-order valence-corrected chi connectivity index (χ1v) is 7.17. The number of anilines is 1. The van der Waals surface area contributed by atoms with E-state index in [0.717, 1.165) is 0 Å². The van der Waals surface area contributed by atoms with E-state index >= 15 is 0 Å². The number of carbonyl (C=O) groups excluding carboxylic acids is 3. The Morgan fingerprint density at radius 1 is 1.32 bits per heavy atom. The molecule has 132 valence electrons. The van der Waals surface area contributed by atoms with E-state index in [1.807, 2.05) is 4.98 Å². The Kier molecular flexibility index (Phi) is 3.85. The molecule has 3 amide bonds. The lowest BCUT2D eigenvalue weighted by atomic mass is 10.0.